The standard InChI is InChI=1S/C21H23F3N3O/c1-16(14-17-6-3-2-4-7-17)25-20(28)27-12-10-26(11-13-27)19-9-5-8-18(15-19)21(22,23)24/h2-9,15-16H,1,10-14H2,(H,25,28)/t16-/m0/s1. The number of hydrogen-bond acceptors (Lipinski definition) is 2. The van der Waals surface area contributed by atoms with Gasteiger partial charge in [-0.25, -0.2) is 4.79 Å². The van der Waals surface area contributed by atoms with Crippen LogP contribution in [0, 0.1) is 6.92 Å². The van der Waals surface area contributed by atoms with E-state index in [0.29, 0.717) is 38.3 Å². The van der Waals surface area contributed by atoms with Crippen molar-refractivity contribution in [3.63, 3.8) is 0 Å². The van der Waals surface area contributed by atoms with Gasteiger partial charge in [-0.15, -0.1) is 0 Å². The van der Waals surface area contributed by atoms with Crippen LogP contribution in [0.5, 0.6) is 0 Å². The van der Waals surface area contributed by atoms with E-state index in [2.05, 4.69) is 12.2 Å². The molecule has 7 heteroatoms. The molecule has 2 amide bonds. The van der Waals surface area contributed by atoms with Gasteiger partial charge in [0.1, 0.15) is 0 Å². The van der Waals surface area contributed by atoms with Crippen LogP contribution in [0.15, 0.2) is 54.6 Å². The summed E-state index contributed by atoms with van der Waals surface area (Å²) in [7, 11) is 0. The largest absolute Gasteiger partial charge is 0.416 e. The molecular weight excluding hydrogens is 367 g/mol. The topological polar surface area (TPSA) is 35.6 Å². The number of halogens is 3. The molecule has 0 unspecified atom stereocenters. The SMILES string of the molecule is [CH2][C@@H](Cc1ccccc1)NC(=O)N1CCN(c2cccc(C(F)(F)F)c2)CC1. The second-order valence-corrected chi connectivity index (χ2v) is 6.86. The minimum atomic E-state index is -4.36. The number of carbonyl (C=O) groups excluding carboxylic acids is 1. The van der Waals surface area contributed by atoms with Crippen LogP contribution in [0.2, 0.25) is 0 Å². The fourth-order valence-corrected chi connectivity index (χ4v) is 3.26. The number of anilines is 1. The van der Waals surface area contributed by atoms with E-state index in [1.807, 2.05) is 35.2 Å². The zero-order valence-corrected chi connectivity index (χ0v) is 15.5. The fraction of sp³-hybridized carbons (Fsp3) is 0.333. The third kappa shape index (κ3) is 5.18. The number of nitrogens with one attached hydrogen (secondary N) is 1. The average Bonchev–Trinajstić information content (AvgIpc) is 2.68. The Labute approximate surface area is 162 Å². The first-order valence-electron chi connectivity index (χ1n) is 9.17. The Hall–Kier alpha value is -2.70. The summed E-state index contributed by atoms with van der Waals surface area (Å²) in [4.78, 5) is 16.0. The summed E-state index contributed by atoms with van der Waals surface area (Å²) in [6.45, 7) is 5.84. The molecule has 1 saturated heterocycles. The van der Waals surface area contributed by atoms with Crippen molar-refractivity contribution in [2.45, 2.75) is 18.6 Å². The third-order valence-corrected chi connectivity index (χ3v) is 4.76. The first kappa shape index (κ1) is 20.0. The van der Waals surface area contributed by atoms with Crippen molar-refractivity contribution in [1.29, 1.82) is 0 Å². The van der Waals surface area contributed by atoms with Gasteiger partial charge in [0.15, 0.2) is 0 Å². The van der Waals surface area contributed by atoms with Gasteiger partial charge in [0.25, 0.3) is 0 Å². The van der Waals surface area contributed by atoms with Crippen molar-refractivity contribution < 1.29 is 18.0 Å². The van der Waals surface area contributed by atoms with Crippen LogP contribution < -0.4 is 10.2 Å². The molecule has 1 aliphatic heterocycles. The maximum absolute atomic E-state index is 12.9. The molecule has 1 atom stereocenters. The Balaban J connectivity index is 1.51. The molecule has 1 heterocycles. The summed E-state index contributed by atoms with van der Waals surface area (Å²) in [6, 6.07) is 14.6. The normalized spacial score (nSPS) is 16.0. The van der Waals surface area contributed by atoms with E-state index >= 15 is 0 Å². The monoisotopic (exact) mass is 390 g/mol. The molecule has 0 aromatic heterocycles. The van der Waals surface area contributed by atoms with E-state index < -0.39 is 11.7 Å². The molecule has 2 aromatic rings. The Morgan fingerprint density at radius 2 is 1.71 bits per heavy atom. The van der Waals surface area contributed by atoms with Gasteiger partial charge in [-0.2, -0.15) is 13.2 Å². The predicted octanol–water partition coefficient (Wildman–Crippen LogP) is 3.98. The van der Waals surface area contributed by atoms with E-state index in [-0.39, 0.29) is 12.1 Å². The molecule has 1 N–H and O–H groups in total. The van der Waals surface area contributed by atoms with Crippen molar-refractivity contribution in [3.05, 3.63) is 72.6 Å². The van der Waals surface area contributed by atoms with Crippen LogP contribution in [0.1, 0.15) is 11.1 Å². The highest BCUT2D eigenvalue weighted by molar-refractivity contribution is 5.75. The van der Waals surface area contributed by atoms with Crippen LogP contribution in [-0.2, 0) is 12.6 Å². The van der Waals surface area contributed by atoms with Crippen LogP contribution in [0.25, 0.3) is 0 Å². The third-order valence-electron chi connectivity index (χ3n) is 4.76. The highest BCUT2D eigenvalue weighted by atomic mass is 19.4. The molecule has 0 saturated carbocycles. The Morgan fingerprint density at radius 1 is 1.04 bits per heavy atom. The first-order chi connectivity index (χ1) is 13.3. The quantitative estimate of drug-likeness (QED) is 0.857. The minimum absolute atomic E-state index is 0.195. The summed E-state index contributed by atoms with van der Waals surface area (Å²) in [5.41, 5.74) is 0.956. The second-order valence-electron chi connectivity index (χ2n) is 6.86. The molecule has 4 nitrogen and oxygen atoms in total. The van der Waals surface area contributed by atoms with E-state index in [1.165, 1.54) is 6.07 Å². The van der Waals surface area contributed by atoms with E-state index in [9.17, 15) is 18.0 Å². The van der Waals surface area contributed by atoms with Crippen molar-refractivity contribution in [1.82, 2.24) is 10.2 Å². The van der Waals surface area contributed by atoms with E-state index in [0.717, 1.165) is 17.7 Å². The summed E-state index contributed by atoms with van der Waals surface area (Å²) >= 11 is 0. The molecule has 1 fully saturated rings. The van der Waals surface area contributed by atoms with Gasteiger partial charge in [0, 0.05) is 37.9 Å². The number of rotatable bonds is 4. The number of hydrogen-bond donors (Lipinski definition) is 1. The lowest BCUT2D eigenvalue weighted by atomic mass is 10.1. The Kier molecular flexibility index (Phi) is 6.11. The summed E-state index contributed by atoms with van der Waals surface area (Å²) < 4.78 is 38.7. The van der Waals surface area contributed by atoms with Crippen molar-refractivity contribution in [2.75, 3.05) is 31.1 Å². The van der Waals surface area contributed by atoms with E-state index in [1.54, 1.807) is 11.0 Å². The summed E-state index contributed by atoms with van der Waals surface area (Å²) in [6.07, 6.45) is -3.73. The smallest absolute Gasteiger partial charge is 0.368 e. The van der Waals surface area contributed by atoms with Gasteiger partial charge in [-0.1, -0.05) is 36.4 Å². The molecule has 0 bridgehead atoms. The number of amides is 2. The van der Waals surface area contributed by atoms with Gasteiger partial charge >= 0.3 is 12.2 Å². The molecule has 2 aromatic carbocycles. The van der Waals surface area contributed by atoms with Crippen LogP contribution in [0.4, 0.5) is 23.7 Å². The number of urea groups is 1. The zero-order valence-electron chi connectivity index (χ0n) is 15.5. The predicted molar refractivity (Wildman–Crippen MR) is 103 cm³/mol. The number of alkyl halides is 3. The second kappa shape index (κ2) is 8.54. The molecule has 0 spiro atoms. The molecule has 1 aliphatic rings. The molecule has 28 heavy (non-hydrogen) atoms. The lowest BCUT2D eigenvalue weighted by molar-refractivity contribution is -0.137. The van der Waals surface area contributed by atoms with Gasteiger partial charge in [-0.05, 0) is 37.1 Å². The van der Waals surface area contributed by atoms with E-state index in [4.69, 9.17) is 0 Å². The molecule has 1 radical (unpaired) electrons. The summed E-state index contributed by atoms with van der Waals surface area (Å²) in [5, 5.41) is 2.89. The van der Waals surface area contributed by atoms with Gasteiger partial charge in [0.2, 0.25) is 0 Å². The van der Waals surface area contributed by atoms with Crippen LogP contribution >= 0.6 is 0 Å². The number of benzene rings is 2. The fourth-order valence-electron chi connectivity index (χ4n) is 3.26. The minimum Gasteiger partial charge on any atom is -0.368 e. The van der Waals surface area contributed by atoms with Crippen molar-refractivity contribution in [2.24, 2.45) is 0 Å². The van der Waals surface area contributed by atoms with Gasteiger partial charge in [0.05, 0.1) is 5.56 Å². The molecule has 0 aliphatic carbocycles. The first-order valence-corrected chi connectivity index (χ1v) is 9.17. The average molecular weight is 390 g/mol. The van der Waals surface area contributed by atoms with Crippen LogP contribution in [-0.4, -0.2) is 43.2 Å². The maximum Gasteiger partial charge on any atom is 0.416 e. The summed E-state index contributed by atoms with van der Waals surface area (Å²) in [5.74, 6) is 0. The molecular formula is C21H23F3N3O. The Morgan fingerprint density at radius 3 is 2.36 bits per heavy atom. The maximum atomic E-state index is 12.9. The number of carbonyl (C=O) groups is 1. The van der Waals surface area contributed by atoms with Crippen molar-refractivity contribution >= 4 is 11.7 Å². The van der Waals surface area contributed by atoms with Crippen LogP contribution in [0.3, 0.4) is 0 Å². The lowest BCUT2D eigenvalue weighted by Crippen LogP contribution is -2.53. The zero-order chi connectivity index (χ0) is 20.1. The van der Waals surface area contributed by atoms with Gasteiger partial charge in [-0.3, -0.25) is 0 Å². The highest BCUT2D eigenvalue weighted by Gasteiger charge is 2.31. The van der Waals surface area contributed by atoms with Gasteiger partial charge < -0.3 is 15.1 Å². The lowest BCUT2D eigenvalue weighted by Gasteiger charge is -2.36. The molecule has 149 valence electrons. The number of nitrogens with zero attached hydrogens (tertiary/aromatic N) is 2. The Bertz CT molecular complexity index is 787. The van der Waals surface area contributed by atoms with Crippen molar-refractivity contribution in [3.8, 4) is 0 Å². The highest BCUT2D eigenvalue weighted by Crippen LogP contribution is 2.31. The molecule has 3 rings (SSSR count). The number of piperazine rings is 1.